The van der Waals surface area contributed by atoms with E-state index in [0.29, 0.717) is 0 Å². The fourth-order valence-corrected chi connectivity index (χ4v) is 0.380. The van der Waals surface area contributed by atoms with Gasteiger partial charge in [-0.15, -0.1) is 0 Å². The van der Waals surface area contributed by atoms with Crippen molar-refractivity contribution in [2.75, 3.05) is 6.73 Å². The molecule has 1 amide bonds. The molecule has 0 saturated carbocycles. The van der Waals surface area contributed by atoms with E-state index in [0.717, 1.165) is 0 Å². The maximum absolute atomic E-state index is 11.0. The number of carbonyl (C=O) groups excluding carboxylic acids is 1. The zero-order chi connectivity index (χ0) is 9.78. The zero-order valence-electron chi connectivity index (χ0n) is 7.38. The highest BCUT2D eigenvalue weighted by molar-refractivity contribution is 5.75. The number of rotatable bonds is 2. The lowest BCUT2D eigenvalue weighted by atomic mass is 9.98. The lowest BCUT2D eigenvalue weighted by molar-refractivity contribution is -0.153. The van der Waals surface area contributed by atoms with Crippen LogP contribution < -0.4 is 5.32 Å². The van der Waals surface area contributed by atoms with E-state index in [1.165, 1.54) is 0 Å². The highest BCUT2D eigenvalue weighted by Crippen LogP contribution is 2.14. The summed E-state index contributed by atoms with van der Waals surface area (Å²) < 4.78 is 4.59. The van der Waals surface area contributed by atoms with Gasteiger partial charge >= 0.3 is 12.1 Å². The van der Waals surface area contributed by atoms with Crippen molar-refractivity contribution in [2.24, 2.45) is 5.41 Å². The SMILES string of the molecule is CC(C)(C)C(=O)OCNC(=O)O. The van der Waals surface area contributed by atoms with Crippen molar-refractivity contribution in [1.29, 1.82) is 0 Å². The van der Waals surface area contributed by atoms with Crippen molar-refractivity contribution >= 4 is 12.1 Å². The molecule has 0 aliphatic heterocycles. The molecule has 0 aromatic rings. The molecule has 0 heterocycles. The molecule has 0 rings (SSSR count). The first-order valence-electron chi connectivity index (χ1n) is 3.48. The summed E-state index contributed by atoms with van der Waals surface area (Å²) >= 11 is 0. The topological polar surface area (TPSA) is 75.6 Å². The third kappa shape index (κ3) is 4.54. The Morgan fingerprint density at radius 3 is 2.25 bits per heavy atom. The summed E-state index contributed by atoms with van der Waals surface area (Å²) in [5.74, 6) is -0.434. The zero-order valence-corrected chi connectivity index (χ0v) is 7.38. The molecule has 0 aromatic heterocycles. The minimum atomic E-state index is -1.21. The number of amides is 1. The van der Waals surface area contributed by atoms with Crippen molar-refractivity contribution in [1.82, 2.24) is 5.32 Å². The van der Waals surface area contributed by atoms with Crippen LogP contribution in [0.2, 0.25) is 0 Å². The standard InChI is InChI=1S/C7H13NO4/c1-7(2,3)5(9)12-4-8-6(10)11/h8H,4H2,1-3H3,(H,10,11). The van der Waals surface area contributed by atoms with Gasteiger partial charge < -0.3 is 9.84 Å². The molecule has 12 heavy (non-hydrogen) atoms. The Balaban J connectivity index is 3.66. The third-order valence-corrected chi connectivity index (χ3v) is 1.04. The summed E-state index contributed by atoms with van der Waals surface area (Å²) in [6.07, 6.45) is -1.21. The van der Waals surface area contributed by atoms with Crippen LogP contribution in [0.4, 0.5) is 4.79 Å². The molecule has 5 nitrogen and oxygen atoms in total. The van der Waals surface area contributed by atoms with Crippen molar-refractivity contribution in [3.63, 3.8) is 0 Å². The summed E-state index contributed by atoms with van der Waals surface area (Å²) in [5, 5.41) is 10.0. The summed E-state index contributed by atoms with van der Waals surface area (Å²) in [4.78, 5) is 20.9. The molecular formula is C7H13NO4. The van der Waals surface area contributed by atoms with Gasteiger partial charge in [-0.3, -0.25) is 10.1 Å². The Kier molecular flexibility index (Phi) is 3.53. The van der Waals surface area contributed by atoms with Gasteiger partial charge in [0.05, 0.1) is 5.41 Å². The highest BCUT2D eigenvalue weighted by atomic mass is 16.5. The number of ether oxygens (including phenoxy) is 1. The Hall–Kier alpha value is -1.26. The fourth-order valence-electron chi connectivity index (χ4n) is 0.380. The number of hydrogen-bond acceptors (Lipinski definition) is 3. The first-order valence-corrected chi connectivity index (χ1v) is 3.48. The Labute approximate surface area is 70.7 Å². The normalized spacial score (nSPS) is 10.6. The second kappa shape index (κ2) is 3.94. The second-order valence-electron chi connectivity index (χ2n) is 3.31. The predicted octanol–water partition coefficient (Wildman–Crippen LogP) is 0.801. The van der Waals surface area contributed by atoms with Gasteiger partial charge in [0.2, 0.25) is 0 Å². The molecule has 0 aromatic carbocycles. The smallest absolute Gasteiger partial charge is 0.407 e. The van der Waals surface area contributed by atoms with Gasteiger partial charge in [-0.25, -0.2) is 4.79 Å². The quantitative estimate of drug-likeness (QED) is 0.480. The van der Waals surface area contributed by atoms with Gasteiger partial charge in [-0.2, -0.15) is 0 Å². The van der Waals surface area contributed by atoms with Gasteiger partial charge in [0.15, 0.2) is 6.73 Å². The van der Waals surface area contributed by atoms with Crippen LogP contribution in [0.3, 0.4) is 0 Å². The molecule has 0 spiro atoms. The van der Waals surface area contributed by atoms with Crippen LogP contribution in [0.25, 0.3) is 0 Å². The van der Waals surface area contributed by atoms with E-state index in [9.17, 15) is 9.59 Å². The first kappa shape index (κ1) is 10.7. The minimum Gasteiger partial charge on any atom is -0.465 e. The summed E-state index contributed by atoms with van der Waals surface area (Å²) in [5.41, 5.74) is -0.597. The number of carboxylic acid groups (broad SMARTS) is 1. The minimum absolute atomic E-state index is 0.300. The van der Waals surface area contributed by atoms with Crippen LogP contribution in [0.5, 0.6) is 0 Å². The van der Waals surface area contributed by atoms with Crippen molar-refractivity contribution in [2.45, 2.75) is 20.8 Å². The van der Waals surface area contributed by atoms with Gasteiger partial charge in [0, 0.05) is 0 Å². The fraction of sp³-hybridized carbons (Fsp3) is 0.714. The maximum Gasteiger partial charge on any atom is 0.407 e. The maximum atomic E-state index is 11.0. The Morgan fingerprint density at radius 2 is 1.92 bits per heavy atom. The van der Waals surface area contributed by atoms with Gasteiger partial charge in [-0.1, -0.05) is 0 Å². The lowest BCUT2D eigenvalue weighted by Crippen LogP contribution is -2.30. The van der Waals surface area contributed by atoms with E-state index < -0.39 is 17.5 Å². The molecule has 0 saturated heterocycles. The molecule has 0 aliphatic rings. The average molecular weight is 175 g/mol. The van der Waals surface area contributed by atoms with Crippen LogP contribution in [0.1, 0.15) is 20.8 Å². The van der Waals surface area contributed by atoms with E-state index in [4.69, 9.17) is 5.11 Å². The Morgan fingerprint density at radius 1 is 1.42 bits per heavy atom. The van der Waals surface area contributed by atoms with Crippen molar-refractivity contribution < 1.29 is 19.4 Å². The van der Waals surface area contributed by atoms with Crippen molar-refractivity contribution in [3.8, 4) is 0 Å². The van der Waals surface area contributed by atoms with Crippen molar-refractivity contribution in [3.05, 3.63) is 0 Å². The van der Waals surface area contributed by atoms with Crippen LogP contribution in [-0.4, -0.2) is 23.9 Å². The molecule has 70 valence electrons. The number of nitrogens with one attached hydrogen (secondary N) is 1. The highest BCUT2D eigenvalue weighted by Gasteiger charge is 2.22. The Bertz CT molecular complexity index is 182. The average Bonchev–Trinajstić information content (AvgIpc) is 1.84. The molecule has 0 bridgehead atoms. The third-order valence-electron chi connectivity index (χ3n) is 1.04. The van der Waals surface area contributed by atoms with Gasteiger partial charge in [0.25, 0.3) is 0 Å². The largest absolute Gasteiger partial charge is 0.465 e. The van der Waals surface area contributed by atoms with E-state index in [2.05, 4.69) is 4.74 Å². The van der Waals surface area contributed by atoms with Gasteiger partial charge in [0.1, 0.15) is 0 Å². The second-order valence-corrected chi connectivity index (χ2v) is 3.31. The molecule has 0 atom stereocenters. The molecule has 5 heteroatoms. The lowest BCUT2D eigenvalue weighted by Gasteiger charge is -2.15. The number of carbonyl (C=O) groups is 2. The van der Waals surface area contributed by atoms with E-state index in [1.807, 2.05) is 5.32 Å². The predicted molar refractivity (Wildman–Crippen MR) is 41.6 cm³/mol. The van der Waals surface area contributed by atoms with Crippen LogP contribution >= 0.6 is 0 Å². The van der Waals surface area contributed by atoms with Crippen LogP contribution in [0, 0.1) is 5.41 Å². The van der Waals surface area contributed by atoms with E-state index in [-0.39, 0.29) is 6.73 Å². The molecule has 0 aliphatic carbocycles. The van der Waals surface area contributed by atoms with Gasteiger partial charge in [-0.05, 0) is 20.8 Å². The van der Waals surface area contributed by atoms with E-state index >= 15 is 0 Å². The molecule has 0 radical (unpaired) electrons. The van der Waals surface area contributed by atoms with Crippen LogP contribution in [-0.2, 0) is 9.53 Å². The summed E-state index contributed by atoms with van der Waals surface area (Å²) in [7, 11) is 0. The monoisotopic (exact) mass is 175 g/mol. The molecular weight excluding hydrogens is 162 g/mol. The summed E-state index contributed by atoms with van der Waals surface area (Å²) in [6.45, 7) is 4.77. The molecule has 2 N–H and O–H groups in total. The first-order chi connectivity index (χ1) is 5.34. The molecule has 0 fully saturated rings. The number of esters is 1. The van der Waals surface area contributed by atoms with Crippen LogP contribution in [0.15, 0.2) is 0 Å². The molecule has 0 unspecified atom stereocenters. The summed E-state index contributed by atoms with van der Waals surface area (Å²) in [6, 6.07) is 0. The van der Waals surface area contributed by atoms with E-state index in [1.54, 1.807) is 20.8 Å². The number of hydrogen-bond donors (Lipinski definition) is 2.